The summed E-state index contributed by atoms with van der Waals surface area (Å²) in [7, 11) is 0. The summed E-state index contributed by atoms with van der Waals surface area (Å²) in [5.74, 6) is 0.788. The molecule has 0 fully saturated rings. The normalized spacial score (nSPS) is 10.2. The van der Waals surface area contributed by atoms with Crippen molar-refractivity contribution < 1.29 is 5.21 Å². The second-order valence-corrected chi connectivity index (χ2v) is 1.66. The molecular weight excluding hydrogens is 98.1 g/mol. The van der Waals surface area contributed by atoms with E-state index in [1.807, 2.05) is 6.26 Å². The fraction of sp³-hybridized carbons (Fsp3) is 0.667. The summed E-state index contributed by atoms with van der Waals surface area (Å²) >= 11 is 1.62. The van der Waals surface area contributed by atoms with Crippen molar-refractivity contribution in [1.82, 2.24) is 0 Å². The standard InChI is InChI=1S/C3H7NOS/c1-6-3-2-4-5/h2,5H,3H2,1H3/b4-2-. The lowest BCUT2D eigenvalue weighted by molar-refractivity contribution is 0.321. The summed E-state index contributed by atoms with van der Waals surface area (Å²) in [6, 6.07) is 0. The minimum atomic E-state index is 0.788. The van der Waals surface area contributed by atoms with Crippen molar-refractivity contribution in [3.8, 4) is 0 Å². The molecule has 0 saturated carbocycles. The van der Waals surface area contributed by atoms with Gasteiger partial charge < -0.3 is 5.21 Å². The first-order chi connectivity index (χ1) is 2.91. The van der Waals surface area contributed by atoms with Crippen LogP contribution in [0.1, 0.15) is 0 Å². The van der Waals surface area contributed by atoms with E-state index < -0.39 is 0 Å². The molecule has 0 amide bonds. The molecule has 0 bridgehead atoms. The van der Waals surface area contributed by atoms with Gasteiger partial charge in [0.1, 0.15) is 0 Å². The summed E-state index contributed by atoms with van der Waals surface area (Å²) in [5.41, 5.74) is 0. The van der Waals surface area contributed by atoms with Crippen LogP contribution in [0, 0.1) is 0 Å². The third-order valence-corrected chi connectivity index (χ3v) is 0.805. The molecule has 0 heterocycles. The highest BCUT2D eigenvalue weighted by Crippen LogP contribution is 1.83. The van der Waals surface area contributed by atoms with E-state index in [0.717, 1.165) is 5.75 Å². The van der Waals surface area contributed by atoms with Gasteiger partial charge in [0.05, 0.1) is 6.21 Å². The van der Waals surface area contributed by atoms with Gasteiger partial charge in [-0.2, -0.15) is 11.8 Å². The monoisotopic (exact) mass is 105 g/mol. The molecule has 3 heteroatoms. The highest BCUT2D eigenvalue weighted by Gasteiger charge is 1.67. The van der Waals surface area contributed by atoms with Gasteiger partial charge in [-0.25, -0.2) is 0 Å². The molecule has 0 aliphatic rings. The van der Waals surface area contributed by atoms with Gasteiger partial charge in [0.25, 0.3) is 0 Å². The van der Waals surface area contributed by atoms with E-state index >= 15 is 0 Å². The first-order valence-corrected chi connectivity index (χ1v) is 2.96. The van der Waals surface area contributed by atoms with Gasteiger partial charge >= 0.3 is 0 Å². The van der Waals surface area contributed by atoms with E-state index in [2.05, 4.69) is 5.16 Å². The summed E-state index contributed by atoms with van der Waals surface area (Å²) < 4.78 is 0. The second-order valence-electron chi connectivity index (χ2n) is 0.753. The average molecular weight is 105 g/mol. The van der Waals surface area contributed by atoms with Crippen molar-refractivity contribution in [3.63, 3.8) is 0 Å². The van der Waals surface area contributed by atoms with Crippen molar-refractivity contribution in [2.45, 2.75) is 0 Å². The van der Waals surface area contributed by atoms with Crippen LogP contribution in [0.5, 0.6) is 0 Å². The Balaban J connectivity index is 2.66. The molecule has 36 valence electrons. The van der Waals surface area contributed by atoms with Crippen LogP contribution in [0.3, 0.4) is 0 Å². The third-order valence-electron chi connectivity index (χ3n) is 0.323. The van der Waals surface area contributed by atoms with E-state index in [-0.39, 0.29) is 0 Å². The number of oxime groups is 1. The Hall–Kier alpha value is -0.180. The Kier molecular flexibility index (Phi) is 4.68. The zero-order valence-electron chi connectivity index (χ0n) is 3.59. The van der Waals surface area contributed by atoms with Crippen molar-refractivity contribution >= 4 is 18.0 Å². The first kappa shape index (κ1) is 5.82. The maximum atomic E-state index is 7.75. The number of rotatable bonds is 2. The lowest BCUT2D eigenvalue weighted by atomic mass is 10.9. The fourth-order valence-corrected chi connectivity index (χ4v) is 0.324. The van der Waals surface area contributed by atoms with E-state index in [0.29, 0.717) is 0 Å². The molecule has 0 atom stereocenters. The third kappa shape index (κ3) is 3.82. The minimum Gasteiger partial charge on any atom is -0.411 e. The van der Waals surface area contributed by atoms with Crippen LogP contribution in [0.4, 0.5) is 0 Å². The summed E-state index contributed by atoms with van der Waals surface area (Å²) in [6.45, 7) is 0. The van der Waals surface area contributed by atoms with Crippen LogP contribution < -0.4 is 0 Å². The lowest BCUT2D eigenvalue weighted by Crippen LogP contribution is -1.73. The molecule has 0 spiro atoms. The molecule has 0 aromatic heterocycles. The molecule has 1 N–H and O–H groups in total. The van der Waals surface area contributed by atoms with Gasteiger partial charge in [-0.15, -0.1) is 5.16 Å². The zero-order chi connectivity index (χ0) is 4.83. The van der Waals surface area contributed by atoms with Crippen molar-refractivity contribution in [2.24, 2.45) is 5.16 Å². The van der Waals surface area contributed by atoms with Crippen LogP contribution in [-0.4, -0.2) is 23.4 Å². The second kappa shape index (κ2) is 4.82. The fourth-order valence-electron chi connectivity index (χ4n) is 0.108. The maximum absolute atomic E-state index is 7.75. The Morgan fingerprint density at radius 3 is 2.83 bits per heavy atom. The number of hydrogen-bond acceptors (Lipinski definition) is 3. The van der Waals surface area contributed by atoms with Gasteiger partial charge in [-0.3, -0.25) is 0 Å². The predicted octanol–water partition coefficient (Wildman–Crippen LogP) is 0.809. The Bertz CT molecular complexity index is 46.1. The SMILES string of the molecule is CSC/C=N\O. The summed E-state index contributed by atoms with van der Waals surface area (Å²) in [6.07, 6.45) is 3.40. The highest BCUT2D eigenvalue weighted by atomic mass is 32.2. The molecule has 6 heavy (non-hydrogen) atoms. The predicted molar refractivity (Wildman–Crippen MR) is 28.7 cm³/mol. The number of hydrogen-bond donors (Lipinski definition) is 1. The average Bonchev–Trinajstić information content (AvgIpc) is 1.61. The number of thioether (sulfide) groups is 1. The van der Waals surface area contributed by atoms with Gasteiger partial charge in [0.2, 0.25) is 0 Å². The van der Waals surface area contributed by atoms with Crippen LogP contribution in [0.25, 0.3) is 0 Å². The molecule has 2 nitrogen and oxygen atoms in total. The van der Waals surface area contributed by atoms with Gasteiger partial charge in [0, 0.05) is 5.75 Å². The van der Waals surface area contributed by atoms with Crippen LogP contribution in [0.2, 0.25) is 0 Å². The molecule has 0 rings (SSSR count). The molecule has 0 aromatic rings. The van der Waals surface area contributed by atoms with E-state index in [1.54, 1.807) is 11.8 Å². The van der Waals surface area contributed by atoms with E-state index in [9.17, 15) is 0 Å². The van der Waals surface area contributed by atoms with Crippen molar-refractivity contribution in [2.75, 3.05) is 12.0 Å². The van der Waals surface area contributed by atoms with Gasteiger partial charge in [-0.05, 0) is 6.26 Å². The van der Waals surface area contributed by atoms with Crippen molar-refractivity contribution in [3.05, 3.63) is 0 Å². The highest BCUT2D eigenvalue weighted by molar-refractivity contribution is 7.99. The smallest absolute Gasteiger partial charge is 0.0534 e. The maximum Gasteiger partial charge on any atom is 0.0534 e. The summed E-state index contributed by atoms with van der Waals surface area (Å²) in [5, 5.41) is 10.5. The van der Waals surface area contributed by atoms with Crippen LogP contribution in [0.15, 0.2) is 5.16 Å². The Morgan fingerprint density at radius 1 is 2.00 bits per heavy atom. The van der Waals surface area contributed by atoms with Crippen LogP contribution >= 0.6 is 11.8 Å². The number of nitrogens with zero attached hydrogens (tertiary/aromatic N) is 1. The topological polar surface area (TPSA) is 32.6 Å². The molecule has 0 saturated heterocycles. The largest absolute Gasteiger partial charge is 0.411 e. The minimum absolute atomic E-state index is 0.788. The van der Waals surface area contributed by atoms with E-state index in [4.69, 9.17) is 5.21 Å². The molecule has 0 aromatic carbocycles. The van der Waals surface area contributed by atoms with Gasteiger partial charge in [0.15, 0.2) is 0 Å². The lowest BCUT2D eigenvalue weighted by Gasteiger charge is -1.75. The zero-order valence-corrected chi connectivity index (χ0v) is 4.40. The Morgan fingerprint density at radius 2 is 2.67 bits per heavy atom. The molecular formula is C3H7NOS. The van der Waals surface area contributed by atoms with Gasteiger partial charge in [-0.1, -0.05) is 0 Å². The van der Waals surface area contributed by atoms with E-state index in [1.165, 1.54) is 6.21 Å². The summed E-state index contributed by atoms with van der Waals surface area (Å²) in [4.78, 5) is 0. The quantitative estimate of drug-likeness (QED) is 0.320. The van der Waals surface area contributed by atoms with Crippen LogP contribution in [-0.2, 0) is 0 Å². The molecule has 0 aliphatic heterocycles. The molecule has 0 radical (unpaired) electrons. The molecule has 0 aliphatic carbocycles. The van der Waals surface area contributed by atoms with Crippen molar-refractivity contribution in [1.29, 1.82) is 0 Å². The molecule has 0 unspecified atom stereocenters. The first-order valence-electron chi connectivity index (χ1n) is 1.56. The Labute approximate surface area is 41.2 Å².